The Kier molecular flexibility index (Phi) is 5.43. The number of hydrogen-bond acceptors (Lipinski definition) is 6. The predicted octanol–water partition coefficient (Wildman–Crippen LogP) is 0.0918. The number of nitrogens with zero attached hydrogens (tertiary/aromatic N) is 1. The number of esters is 1. The highest BCUT2D eigenvalue weighted by Gasteiger charge is 2.54. The molecule has 0 aromatic carbocycles. The SMILES string of the molecule is CC(=O)OCC1=C(C(=O)O)N2C(=O)[C@H](NC(=O)C(Cl)Cl)[C@H]2SC1. The third kappa shape index (κ3) is 3.56. The molecule has 2 atom stereocenters. The molecule has 8 nitrogen and oxygen atoms in total. The molecule has 0 aromatic rings. The lowest BCUT2D eigenvalue weighted by Crippen LogP contribution is -2.71. The van der Waals surface area contributed by atoms with Crippen LogP contribution in [-0.4, -0.2) is 62.4 Å². The van der Waals surface area contributed by atoms with Gasteiger partial charge in [0.1, 0.15) is 23.7 Å². The van der Waals surface area contributed by atoms with Gasteiger partial charge in [-0.25, -0.2) is 4.79 Å². The summed E-state index contributed by atoms with van der Waals surface area (Å²) in [5.74, 6) is -2.91. The van der Waals surface area contributed by atoms with Crippen LogP contribution in [0.3, 0.4) is 0 Å². The lowest BCUT2D eigenvalue weighted by atomic mass is 10.0. The zero-order valence-corrected chi connectivity index (χ0v) is 14.1. The van der Waals surface area contributed by atoms with Crippen molar-refractivity contribution in [1.29, 1.82) is 0 Å². The zero-order chi connectivity index (χ0) is 17.3. The van der Waals surface area contributed by atoms with Crippen molar-refractivity contribution in [2.45, 2.75) is 23.2 Å². The molecule has 1 saturated heterocycles. The molecule has 0 aromatic heterocycles. The number of carboxylic acid groups (broad SMARTS) is 1. The number of fused-ring (bicyclic) bond motifs is 1. The number of thioether (sulfide) groups is 1. The molecule has 2 rings (SSSR count). The largest absolute Gasteiger partial charge is 0.477 e. The van der Waals surface area contributed by atoms with Crippen LogP contribution >= 0.6 is 35.0 Å². The molecule has 1 fully saturated rings. The number of rotatable bonds is 5. The molecule has 0 bridgehead atoms. The van der Waals surface area contributed by atoms with Crippen molar-refractivity contribution in [3.05, 3.63) is 11.3 Å². The van der Waals surface area contributed by atoms with Gasteiger partial charge >= 0.3 is 11.9 Å². The summed E-state index contributed by atoms with van der Waals surface area (Å²) in [6.07, 6.45) is 0. The minimum absolute atomic E-state index is 0.205. The summed E-state index contributed by atoms with van der Waals surface area (Å²) in [5, 5.41) is 11.1. The predicted molar refractivity (Wildman–Crippen MR) is 81.8 cm³/mol. The summed E-state index contributed by atoms with van der Waals surface area (Å²) >= 11 is 12.1. The number of carboxylic acids is 1. The average Bonchev–Trinajstić information content (AvgIpc) is 2.48. The molecule has 2 aliphatic rings. The van der Waals surface area contributed by atoms with Gasteiger partial charge in [0.05, 0.1) is 0 Å². The van der Waals surface area contributed by atoms with Crippen LogP contribution in [0.2, 0.25) is 0 Å². The van der Waals surface area contributed by atoms with E-state index in [1.807, 2.05) is 0 Å². The van der Waals surface area contributed by atoms with Crippen molar-refractivity contribution in [1.82, 2.24) is 10.2 Å². The van der Waals surface area contributed by atoms with Crippen LogP contribution in [0.5, 0.6) is 0 Å². The first-order valence-corrected chi connectivity index (χ1v) is 8.28. The first-order chi connectivity index (χ1) is 10.7. The third-order valence-electron chi connectivity index (χ3n) is 3.20. The molecule has 2 aliphatic heterocycles. The fourth-order valence-electron chi connectivity index (χ4n) is 2.20. The molecular formula is C12H12Cl2N2O6S. The molecule has 0 saturated carbocycles. The summed E-state index contributed by atoms with van der Waals surface area (Å²) in [7, 11) is 0. The summed E-state index contributed by atoms with van der Waals surface area (Å²) < 4.78 is 4.81. The van der Waals surface area contributed by atoms with E-state index in [0.29, 0.717) is 5.57 Å². The van der Waals surface area contributed by atoms with E-state index in [2.05, 4.69) is 5.32 Å². The van der Waals surface area contributed by atoms with Crippen LogP contribution in [0.4, 0.5) is 0 Å². The number of ether oxygens (including phenoxy) is 1. The van der Waals surface area contributed by atoms with Gasteiger partial charge in [0.2, 0.25) is 0 Å². The van der Waals surface area contributed by atoms with Gasteiger partial charge in [-0.1, -0.05) is 23.2 Å². The number of hydrogen-bond donors (Lipinski definition) is 2. The molecule has 0 radical (unpaired) electrons. The summed E-state index contributed by atoms with van der Waals surface area (Å²) in [6.45, 7) is 0.998. The molecular weight excluding hydrogens is 371 g/mol. The van der Waals surface area contributed by atoms with Crippen molar-refractivity contribution < 1.29 is 29.0 Å². The Morgan fingerprint density at radius 3 is 2.65 bits per heavy atom. The second-order valence-corrected chi connectivity index (χ2v) is 6.94. The van der Waals surface area contributed by atoms with E-state index in [4.69, 9.17) is 27.9 Å². The maximum Gasteiger partial charge on any atom is 0.352 e. The molecule has 11 heteroatoms. The van der Waals surface area contributed by atoms with Gasteiger partial charge < -0.3 is 15.2 Å². The van der Waals surface area contributed by atoms with Crippen molar-refractivity contribution >= 4 is 58.7 Å². The maximum atomic E-state index is 12.2. The van der Waals surface area contributed by atoms with Crippen molar-refractivity contribution in [2.24, 2.45) is 0 Å². The minimum atomic E-state index is -1.32. The van der Waals surface area contributed by atoms with Crippen molar-refractivity contribution in [3.63, 3.8) is 0 Å². The van der Waals surface area contributed by atoms with Crippen LogP contribution in [0.25, 0.3) is 0 Å². The number of carbonyl (C=O) groups excluding carboxylic acids is 3. The van der Waals surface area contributed by atoms with Gasteiger partial charge in [-0.05, 0) is 0 Å². The fourth-order valence-corrected chi connectivity index (χ4v) is 3.65. The molecule has 23 heavy (non-hydrogen) atoms. The van der Waals surface area contributed by atoms with E-state index in [1.165, 1.54) is 18.7 Å². The van der Waals surface area contributed by atoms with Crippen molar-refractivity contribution in [3.8, 4) is 0 Å². The van der Waals surface area contributed by atoms with E-state index in [9.17, 15) is 24.3 Å². The Morgan fingerprint density at radius 2 is 2.13 bits per heavy atom. The molecule has 0 unspecified atom stereocenters. The van der Waals surface area contributed by atoms with Gasteiger partial charge in [-0.2, -0.15) is 0 Å². The molecule has 2 amide bonds. The van der Waals surface area contributed by atoms with Crippen LogP contribution in [0, 0.1) is 0 Å². The van der Waals surface area contributed by atoms with Crippen LogP contribution in [-0.2, 0) is 23.9 Å². The first kappa shape index (κ1) is 17.9. The Bertz CT molecular complexity index is 608. The Morgan fingerprint density at radius 1 is 1.48 bits per heavy atom. The molecule has 126 valence electrons. The summed E-state index contributed by atoms with van der Waals surface area (Å²) in [4.78, 5) is 45.7. The quantitative estimate of drug-likeness (QED) is 0.393. The van der Waals surface area contributed by atoms with Crippen molar-refractivity contribution in [2.75, 3.05) is 12.4 Å². The molecule has 2 N–H and O–H groups in total. The Balaban J connectivity index is 2.18. The number of aliphatic carboxylic acids is 1. The van der Waals surface area contributed by atoms with Gasteiger partial charge in [-0.15, -0.1) is 11.8 Å². The van der Waals surface area contributed by atoms with E-state index in [-0.39, 0.29) is 18.1 Å². The summed E-state index contributed by atoms with van der Waals surface area (Å²) in [5.41, 5.74) is 0.0958. The van der Waals surface area contributed by atoms with E-state index in [0.717, 1.165) is 4.90 Å². The van der Waals surface area contributed by atoms with Crippen LogP contribution in [0.15, 0.2) is 11.3 Å². The molecule has 0 aliphatic carbocycles. The van der Waals surface area contributed by atoms with Gasteiger partial charge in [-0.3, -0.25) is 19.3 Å². The van der Waals surface area contributed by atoms with E-state index in [1.54, 1.807) is 0 Å². The standard InChI is InChI=1S/C12H12Cl2N2O6S/c1-4(17)22-2-5-3-23-11-6(15-9(18)8(13)14)10(19)16(11)7(5)12(20)21/h6,8,11H,2-3H2,1H3,(H,15,18)(H,20,21)/t6-,11+/m0/s1. The zero-order valence-electron chi connectivity index (χ0n) is 11.7. The van der Waals surface area contributed by atoms with Crippen LogP contribution in [0.1, 0.15) is 6.92 Å². The Hall–Kier alpha value is -1.45. The summed E-state index contributed by atoms with van der Waals surface area (Å²) in [6, 6.07) is -0.892. The smallest absolute Gasteiger partial charge is 0.352 e. The van der Waals surface area contributed by atoms with Crippen LogP contribution < -0.4 is 5.32 Å². The molecule has 0 spiro atoms. The number of carbonyl (C=O) groups is 4. The number of halogens is 2. The highest BCUT2D eigenvalue weighted by Crippen LogP contribution is 2.40. The number of nitrogens with one attached hydrogen (secondary N) is 1. The second kappa shape index (κ2) is 6.98. The minimum Gasteiger partial charge on any atom is -0.477 e. The molecule has 2 heterocycles. The first-order valence-electron chi connectivity index (χ1n) is 6.36. The number of alkyl halides is 2. The van der Waals surface area contributed by atoms with Gasteiger partial charge in [0.25, 0.3) is 11.8 Å². The highest BCUT2D eigenvalue weighted by atomic mass is 35.5. The Labute approximate surface area is 145 Å². The lowest BCUT2D eigenvalue weighted by molar-refractivity contribution is -0.150. The van der Waals surface area contributed by atoms with Gasteiger partial charge in [0, 0.05) is 18.2 Å². The van der Waals surface area contributed by atoms with E-state index < -0.39 is 40.0 Å². The second-order valence-electron chi connectivity index (χ2n) is 4.73. The lowest BCUT2D eigenvalue weighted by Gasteiger charge is -2.49. The average molecular weight is 383 g/mol. The maximum absolute atomic E-state index is 12.2. The fraction of sp³-hybridized carbons (Fsp3) is 0.500. The third-order valence-corrected chi connectivity index (χ3v) is 4.93. The topological polar surface area (TPSA) is 113 Å². The number of β-lactam (4-membered cyclic amide) rings is 1. The van der Waals surface area contributed by atoms with E-state index >= 15 is 0 Å². The normalized spacial score (nSPS) is 23.3. The highest BCUT2D eigenvalue weighted by molar-refractivity contribution is 8.00. The monoisotopic (exact) mass is 382 g/mol. The number of amides is 2. The van der Waals surface area contributed by atoms with Gasteiger partial charge in [0.15, 0.2) is 4.84 Å².